The van der Waals surface area contributed by atoms with Gasteiger partial charge < -0.3 is 15.5 Å². The molecule has 1 saturated carbocycles. The zero-order valence-electron chi connectivity index (χ0n) is 16.3. The van der Waals surface area contributed by atoms with Gasteiger partial charge in [0.25, 0.3) is 0 Å². The number of halogens is 1. The van der Waals surface area contributed by atoms with Crippen LogP contribution in [0.1, 0.15) is 44.6 Å². The molecule has 2 N–H and O–H groups in total. The van der Waals surface area contributed by atoms with Crippen molar-refractivity contribution in [1.29, 1.82) is 0 Å². The molecular weight excluding hydrogens is 435 g/mol. The van der Waals surface area contributed by atoms with Crippen LogP contribution in [0.25, 0.3) is 0 Å². The number of likely N-dealkylation sites (tertiary alicyclic amines) is 1. The molecule has 0 atom stereocenters. The lowest BCUT2D eigenvalue weighted by Crippen LogP contribution is -2.44. The number of nitrogens with one attached hydrogen (secondary N) is 2. The average Bonchev–Trinajstić information content (AvgIpc) is 2.61. The number of piperidine rings is 1. The van der Waals surface area contributed by atoms with Gasteiger partial charge in [-0.1, -0.05) is 36.8 Å². The van der Waals surface area contributed by atoms with Crippen LogP contribution < -0.4 is 10.6 Å². The predicted octanol–water partition coefficient (Wildman–Crippen LogP) is 3.62. The second-order valence-electron chi connectivity index (χ2n) is 7.82. The van der Waals surface area contributed by atoms with Gasteiger partial charge in [-0.2, -0.15) is 0 Å². The smallest absolute Gasteiger partial charge is 0.191 e. The van der Waals surface area contributed by atoms with Gasteiger partial charge >= 0.3 is 0 Å². The molecule has 1 saturated heterocycles. The van der Waals surface area contributed by atoms with Gasteiger partial charge in [0, 0.05) is 18.5 Å². The zero-order chi connectivity index (χ0) is 17.5. The van der Waals surface area contributed by atoms with E-state index in [1.165, 1.54) is 50.8 Å². The number of hydrogen-bond donors (Lipinski definition) is 2. The number of aliphatic imine (C=N–C) groups is 1. The molecule has 1 aliphatic carbocycles. The van der Waals surface area contributed by atoms with E-state index < -0.39 is 0 Å². The summed E-state index contributed by atoms with van der Waals surface area (Å²) < 4.78 is 0. The van der Waals surface area contributed by atoms with Crippen molar-refractivity contribution in [1.82, 2.24) is 15.5 Å². The highest BCUT2D eigenvalue weighted by Crippen LogP contribution is 2.43. The molecule has 2 aliphatic rings. The summed E-state index contributed by atoms with van der Waals surface area (Å²) in [5.74, 6) is 1.76. The average molecular weight is 470 g/mol. The van der Waals surface area contributed by atoms with Gasteiger partial charge in [-0.05, 0) is 64.2 Å². The third kappa shape index (κ3) is 5.59. The van der Waals surface area contributed by atoms with Crippen LogP contribution in [0.3, 0.4) is 0 Å². The molecule has 3 rings (SSSR count). The SMILES string of the molecule is CCNC(=NCC1(c2ccccc2)CCC1)NCC1CCN(C)CC1.I. The Morgan fingerprint density at radius 3 is 2.42 bits per heavy atom. The van der Waals surface area contributed by atoms with Crippen LogP contribution in [0.5, 0.6) is 0 Å². The fourth-order valence-electron chi connectivity index (χ4n) is 4.01. The minimum absolute atomic E-state index is 0. The Bertz CT molecular complexity index is 548. The second kappa shape index (κ2) is 10.5. The zero-order valence-corrected chi connectivity index (χ0v) is 18.7. The van der Waals surface area contributed by atoms with Crippen LogP contribution >= 0.6 is 24.0 Å². The molecule has 2 fully saturated rings. The van der Waals surface area contributed by atoms with Crippen molar-refractivity contribution in [3.05, 3.63) is 35.9 Å². The van der Waals surface area contributed by atoms with E-state index >= 15 is 0 Å². The Morgan fingerprint density at radius 1 is 1.15 bits per heavy atom. The number of benzene rings is 1. The summed E-state index contributed by atoms with van der Waals surface area (Å²) in [6.45, 7) is 7.42. The second-order valence-corrected chi connectivity index (χ2v) is 7.82. The van der Waals surface area contributed by atoms with E-state index in [1.54, 1.807) is 0 Å². The van der Waals surface area contributed by atoms with Gasteiger partial charge in [0.1, 0.15) is 0 Å². The minimum atomic E-state index is 0. The maximum Gasteiger partial charge on any atom is 0.191 e. The Hall–Kier alpha value is -0.820. The quantitative estimate of drug-likeness (QED) is 0.379. The molecule has 1 aromatic rings. The first-order valence-corrected chi connectivity index (χ1v) is 9.98. The predicted molar refractivity (Wildman–Crippen MR) is 122 cm³/mol. The van der Waals surface area contributed by atoms with Crippen molar-refractivity contribution < 1.29 is 0 Å². The van der Waals surface area contributed by atoms with Gasteiger partial charge in [-0.25, -0.2) is 0 Å². The maximum absolute atomic E-state index is 4.97. The van der Waals surface area contributed by atoms with Crippen molar-refractivity contribution in [2.45, 2.75) is 44.4 Å². The third-order valence-electron chi connectivity index (χ3n) is 5.98. The Labute approximate surface area is 176 Å². The van der Waals surface area contributed by atoms with E-state index in [0.717, 1.165) is 31.5 Å². The molecule has 1 aliphatic heterocycles. The lowest BCUT2D eigenvalue weighted by molar-refractivity contribution is 0.220. The summed E-state index contributed by atoms with van der Waals surface area (Å²) in [6.07, 6.45) is 6.42. The number of hydrogen-bond acceptors (Lipinski definition) is 2. The lowest BCUT2D eigenvalue weighted by Gasteiger charge is -2.41. The first-order valence-electron chi connectivity index (χ1n) is 9.98. The van der Waals surface area contributed by atoms with E-state index in [2.05, 4.69) is 59.8 Å². The molecule has 1 aromatic carbocycles. The maximum atomic E-state index is 4.97. The molecular formula is C21H35IN4. The number of guanidine groups is 1. The summed E-state index contributed by atoms with van der Waals surface area (Å²) in [6, 6.07) is 11.0. The molecule has 0 amide bonds. The van der Waals surface area contributed by atoms with E-state index in [4.69, 9.17) is 4.99 Å². The van der Waals surface area contributed by atoms with Crippen molar-refractivity contribution >= 4 is 29.9 Å². The monoisotopic (exact) mass is 470 g/mol. The van der Waals surface area contributed by atoms with Crippen molar-refractivity contribution in [3.63, 3.8) is 0 Å². The fourth-order valence-corrected chi connectivity index (χ4v) is 4.01. The number of nitrogens with zero attached hydrogens (tertiary/aromatic N) is 2. The highest BCUT2D eigenvalue weighted by atomic mass is 127. The Balaban J connectivity index is 0.00000243. The summed E-state index contributed by atoms with van der Waals surface area (Å²) >= 11 is 0. The highest BCUT2D eigenvalue weighted by molar-refractivity contribution is 14.0. The van der Waals surface area contributed by atoms with Crippen LogP contribution in [-0.4, -0.2) is 50.6 Å². The van der Waals surface area contributed by atoms with E-state index in [-0.39, 0.29) is 29.4 Å². The molecule has 146 valence electrons. The molecule has 4 nitrogen and oxygen atoms in total. The summed E-state index contributed by atoms with van der Waals surface area (Å²) in [5, 5.41) is 7.03. The first-order chi connectivity index (χ1) is 12.2. The summed E-state index contributed by atoms with van der Waals surface area (Å²) in [4.78, 5) is 7.39. The highest BCUT2D eigenvalue weighted by Gasteiger charge is 2.38. The van der Waals surface area contributed by atoms with Gasteiger partial charge in [0.05, 0.1) is 6.54 Å². The van der Waals surface area contributed by atoms with Gasteiger partial charge in [-0.15, -0.1) is 24.0 Å². The van der Waals surface area contributed by atoms with Crippen LogP contribution in [0.2, 0.25) is 0 Å². The largest absolute Gasteiger partial charge is 0.357 e. The van der Waals surface area contributed by atoms with Gasteiger partial charge in [0.2, 0.25) is 0 Å². The molecule has 0 unspecified atom stereocenters. The summed E-state index contributed by atoms with van der Waals surface area (Å²) in [7, 11) is 2.22. The molecule has 0 spiro atoms. The van der Waals surface area contributed by atoms with Crippen molar-refractivity contribution in [2.24, 2.45) is 10.9 Å². The molecule has 1 heterocycles. The molecule has 26 heavy (non-hydrogen) atoms. The number of rotatable bonds is 6. The van der Waals surface area contributed by atoms with E-state index in [0.29, 0.717) is 0 Å². The topological polar surface area (TPSA) is 39.7 Å². The van der Waals surface area contributed by atoms with Crippen LogP contribution in [0.15, 0.2) is 35.3 Å². The standard InChI is InChI=1S/C21H34N4.HI/c1-3-22-20(23-16-18-10-14-25(2)15-11-18)24-17-21(12-7-13-21)19-8-5-4-6-9-19;/h4-6,8-9,18H,3,7,10-17H2,1-2H3,(H2,22,23,24);1H. The first kappa shape index (κ1) is 21.5. The molecule has 5 heteroatoms. The Morgan fingerprint density at radius 2 is 1.85 bits per heavy atom. The van der Waals surface area contributed by atoms with Crippen LogP contribution in [0, 0.1) is 5.92 Å². The third-order valence-corrected chi connectivity index (χ3v) is 5.98. The van der Waals surface area contributed by atoms with Crippen molar-refractivity contribution in [2.75, 3.05) is 39.8 Å². The van der Waals surface area contributed by atoms with Crippen molar-refractivity contribution in [3.8, 4) is 0 Å². The lowest BCUT2D eigenvalue weighted by atomic mass is 9.64. The van der Waals surface area contributed by atoms with E-state index in [1.807, 2.05) is 0 Å². The summed E-state index contributed by atoms with van der Waals surface area (Å²) in [5.41, 5.74) is 1.72. The van der Waals surface area contributed by atoms with Gasteiger partial charge in [0.15, 0.2) is 5.96 Å². The molecule has 0 aromatic heterocycles. The van der Waals surface area contributed by atoms with Crippen LogP contribution in [0.4, 0.5) is 0 Å². The molecule has 0 bridgehead atoms. The normalized spacial score (nSPS) is 20.8. The van der Waals surface area contributed by atoms with Crippen LogP contribution in [-0.2, 0) is 5.41 Å². The van der Waals surface area contributed by atoms with Gasteiger partial charge in [-0.3, -0.25) is 4.99 Å². The Kier molecular flexibility index (Phi) is 8.67. The fraction of sp³-hybridized carbons (Fsp3) is 0.667. The minimum Gasteiger partial charge on any atom is -0.357 e. The van der Waals surface area contributed by atoms with E-state index in [9.17, 15) is 0 Å². The molecule has 0 radical (unpaired) electrons.